The molecule has 5 atom stereocenters. The first-order chi connectivity index (χ1) is 9.84. The molecule has 2 N–H and O–H groups in total. The van der Waals surface area contributed by atoms with Crippen LogP contribution >= 0.6 is 0 Å². The Bertz CT molecular complexity index is 398. The van der Waals surface area contributed by atoms with Crippen molar-refractivity contribution < 1.29 is 10.2 Å². The fourth-order valence-electron chi connectivity index (χ4n) is 4.94. The number of aliphatic hydroxyl groups excluding tert-OH is 1. The predicted octanol–water partition coefficient (Wildman–Crippen LogP) is 4.08. The minimum Gasteiger partial charge on any atom is -0.396 e. The van der Waals surface area contributed by atoms with Crippen LogP contribution in [-0.2, 0) is 0 Å². The van der Waals surface area contributed by atoms with Gasteiger partial charge in [-0.15, -0.1) is 6.58 Å². The van der Waals surface area contributed by atoms with Gasteiger partial charge in [0.2, 0.25) is 0 Å². The smallest absolute Gasteiger partial charge is 0.0797 e. The second kappa shape index (κ2) is 6.26. The van der Waals surface area contributed by atoms with Gasteiger partial charge in [0, 0.05) is 6.61 Å². The highest BCUT2D eigenvalue weighted by Crippen LogP contribution is 2.58. The third-order valence-corrected chi connectivity index (χ3v) is 6.39. The quantitative estimate of drug-likeness (QED) is 0.749. The van der Waals surface area contributed by atoms with Gasteiger partial charge < -0.3 is 10.2 Å². The Morgan fingerprint density at radius 1 is 1.43 bits per heavy atom. The molecule has 2 rings (SSSR count). The maximum absolute atomic E-state index is 10.2. The maximum atomic E-state index is 10.2. The van der Waals surface area contributed by atoms with Crippen molar-refractivity contribution in [2.45, 2.75) is 64.4 Å². The number of fused-ring (bicyclic) bond motifs is 1. The van der Waals surface area contributed by atoms with Crippen LogP contribution in [0.4, 0.5) is 0 Å². The molecule has 2 heteroatoms. The maximum Gasteiger partial charge on any atom is 0.0797 e. The van der Waals surface area contributed by atoms with Crippen molar-refractivity contribution in [2.24, 2.45) is 23.2 Å². The number of hydrogen-bond acceptors (Lipinski definition) is 2. The molecule has 21 heavy (non-hydrogen) atoms. The minimum absolute atomic E-state index is 0.248. The summed E-state index contributed by atoms with van der Waals surface area (Å²) in [6.07, 6.45) is 9.23. The summed E-state index contributed by atoms with van der Waals surface area (Å²) in [7, 11) is 0. The second-order valence-corrected chi connectivity index (χ2v) is 7.80. The lowest BCUT2D eigenvalue weighted by Gasteiger charge is -2.54. The highest BCUT2D eigenvalue weighted by atomic mass is 16.3. The molecule has 0 aromatic carbocycles. The van der Waals surface area contributed by atoms with E-state index in [0.29, 0.717) is 24.4 Å². The van der Waals surface area contributed by atoms with Crippen molar-refractivity contribution in [1.29, 1.82) is 0 Å². The van der Waals surface area contributed by atoms with Crippen LogP contribution in [0, 0.1) is 23.2 Å². The van der Waals surface area contributed by atoms with E-state index in [1.807, 2.05) is 6.92 Å². The van der Waals surface area contributed by atoms with Crippen LogP contribution in [-0.4, -0.2) is 22.4 Å². The van der Waals surface area contributed by atoms with Crippen LogP contribution in [0.1, 0.15) is 58.8 Å². The zero-order valence-electron chi connectivity index (χ0n) is 13.8. The topological polar surface area (TPSA) is 40.5 Å². The van der Waals surface area contributed by atoms with Crippen molar-refractivity contribution in [1.82, 2.24) is 0 Å². The Hall–Kier alpha value is -0.600. The monoisotopic (exact) mass is 292 g/mol. The van der Waals surface area contributed by atoms with E-state index in [2.05, 4.69) is 20.1 Å². The summed E-state index contributed by atoms with van der Waals surface area (Å²) in [5.41, 5.74) is 0.819. The van der Waals surface area contributed by atoms with Gasteiger partial charge in [-0.1, -0.05) is 31.6 Å². The van der Waals surface area contributed by atoms with E-state index in [1.165, 1.54) is 31.3 Å². The number of aliphatic hydroxyl groups is 2. The van der Waals surface area contributed by atoms with E-state index in [-0.39, 0.29) is 5.41 Å². The fourth-order valence-corrected chi connectivity index (χ4v) is 4.94. The van der Waals surface area contributed by atoms with Crippen molar-refractivity contribution in [3.63, 3.8) is 0 Å². The molecule has 0 aromatic heterocycles. The van der Waals surface area contributed by atoms with Crippen molar-refractivity contribution in [2.75, 3.05) is 6.61 Å². The van der Waals surface area contributed by atoms with E-state index in [0.717, 1.165) is 19.3 Å². The molecule has 0 radical (unpaired) electrons. The summed E-state index contributed by atoms with van der Waals surface area (Å²) in [4.78, 5) is 0. The van der Waals surface area contributed by atoms with Crippen LogP contribution < -0.4 is 0 Å². The highest BCUT2D eigenvalue weighted by Gasteiger charge is 2.49. The molecule has 2 nitrogen and oxygen atoms in total. The molecule has 0 saturated heterocycles. The molecule has 2 aliphatic carbocycles. The zero-order chi connectivity index (χ0) is 15.7. The van der Waals surface area contributed by atoms with Gasteiger partial charge in [-0.05, 0) is 68.6 Å². The molecule has 0 aliphatic heterocycles. The Balaban J connectivity index is 2.17. The third-order valence-electron chi connectivity index (χ3n) is 6.39. The summed E-state index contributed by atoms with van der Waals surface area (Å²) in [6.45, 7) is 12.6. The summed E-state index contributed by atoms with van der Waals surface area (Å²) in [6, 6.07) is 0. The first kappa shape index (κ1) is 16.8. The van der Waals surface area contributed by atoms with Crippen molar-refractivity contribution in [3.05, 3.63) is 24.8 Å². The van der Waals surface area contributed by atoms with Gasteiger partial charge in [-0.25, -0.2) is 0 Å². The average Bonchev–Trinajstić information content (AvgIpc) is 2.45. The average molecular weight is 292 g/mol. The van der Waals surface area contributed by atoms with Crippen LogP contribution in [0.15, 0.2) is 24.8 Å². The highest BCUT2D eigenvalue weighted by molar-refractivity contribution is 5.15. The van der Waals surface area contributed by atoms with Crippen LogP contribution in [0.2, 0.25) is 0 Å². The molecule has 5 unspecified atom stereocenters. The van der Waals surface area contributed by atoms with E-state index < -0.39 is 5.60 Å². The fraction of sp³-hybridized carbons (Fsp3) is 0.789. The van der Waals surface area contributed by atoms with E-state index in [1.54, 1.807) is 6.08 Å². The zero-order valence-corrected chi connectivity index (χ0v) is 13.8. The summed E-state index contributed by atoms with van der Waals surface area (Å²) in [5, 5.41) is 19.9. The Morgan fingerprint density at radius 3 is 2.76 bits per heavy atom. The molecular weight excluding hydrogens is 260 g/mol. The van der Waals surface area contributed by atoms with Crippen LogP contribution in [0.3, 0.4) is 0 Å². The molecule has 2 fully saturated rings. The largest absolute Gasteiger partial charge is 0.396 e. The number of rotatable bonds is 5. The molecule has 2 aliphatic rings. The van der Waals surface area contributed by atoms with Gasteiger partial charge in [0.1, 0.15) is 0 Å². The van der Waals surface area contributed by atoms with Gasteiger partial charge in [0.25, 0.3) is 0 Å². The molecule has 0 spiro atoms. The van der Waals surface area contributed by atoms with E-state index in [9.17, 15) is 10.2 Å². The van der Waals surface area contributed by atoms with Crippen molar-refractivity contribution in [3.8, 4) is 0 Å². The number of allylic oxidation sites excluding steroid dienone is 1. The Morgan fingerprint density at radius 2 is 2.14 bits per heavy atom. The molecule has 0 aromatic rings. The van der Waals surface area contributed by atoms with Gasteiger partial charge in [-0.3, -0.25) is 0 Å². The first-order valence-electron chi connectivity index (χ1n) is 8.48. The number of hydrogen-bond donors (Lipinski definition) is 2. The van der Waals surface area contributed by atoms with Gasteiger partial charge in [0.15, 0.2) is 0 Å². The molecule has 0 amide bonds. The lowest BCUT2D eigenvalue weighted by atomic mass is 9.50. The Kier molecular flexibility index (Phi) is 4.99. The van der Waals surface area contributed by atoms with E-state index in [4.69, 9.17) is 0 Å². The lowest BCUT2D eigenvalue weighted by Crippen LogP contribution is -2.47. The first-order valence-corrected chi connectivity index (χ1v) is 8.48. The molecule has 120 valence electrons. The van der Waals surface area contributed by atoms with Gasteiger partial charge in [-0.2, -0.15) is 0 Å². The van der Waals surface area contributed by atoms with Crippen molar-refractivity contribution >= 4 is 0 Å². The van der Waals surface area contributed by atoms with Crippen LogP contribution in [0.25, 0.3) is 0 Å². The standard InChI is InChI=1S/C19H32O2/c1-5-18(3,21)12-10-16-14(2)8-9-17-15(13-20)7-6-11-19(16,17)4/h5,15-17,20-21H,1-2,6-13H2,3-4H3. The SMILES string of the molecule is C=CC(C)(O)CCC1C(=C)CCC2C(CO)CCCC12C. The Labute approximate surface area is 130 Å². The summed E-state index contributed by atoms with van der Waals surface area (Å²) in [5.74, 6) is 1.54. The second-order valence-electron chi connectivity index (χ2n) is 7.80. The molecule has 0 heterocycles. The summed E-state index contributed by atoms with van der Waals surface area (Å²) >= 11 is 0. The van der Waals surface area contributed by atoms with E-state index >= 15 is 0 Å². The third kappa shape index (κ3) is 3.27. The molecule has 2 saturated carbocycles. The van der Waals surface area contributed by atoms with Gasteiger partial charge >= 0.3 is 0 Å². The van der Waals surface area contributed by atoms with Gasteiger partial charge in [0.05, 0.1) is 5.60 Å². The minimum atomic E-state index is -0.783. The predicted molar refractivity (Wildman–Crippen MR) is 87.9 cm³/mol. The lowest BCUT2D eigenvalue weighted by molar-refractivity contribution is -0.0367. The molecular formula is C19H32O2. The molecule has 0 bridgehead atoms. The van der Waals surface area contributed by atoms with Crippen LogP contribution in [0.5, 0.6) is 0 Å². The normalized spacial score (nSPS) is 39.4. The summed E-state index contributed by atoms with van der Waals surface area (Å²) < 4.78 is 0.